The van der Waals surface area contributed by atoms with E-state index in [1.54, 1.807) is 0 Å². The second-order valence-electron chi connectivity index (χ2n) is 5.13. The second kappa shape index (κ2) is 6.35. The number of sulfonamides is 1. The molecular weight excluding hydrogens is 313 g/mol. The Bertz CT molecular complexity index is 649. The summed E-state index contributed by atoms with van der Waals surface area (Å²) in [6.45, 7) is 1.30. The van der Waals surface area contributed by atoms with Gasteiger partial charge in [0.15, 0.2) is 0 Å². The molecule has 2 rings (SSSR count). The van der Waals surface area contributed by atoms with Crippen LogP contribution in [0.15, 0.2) is 23.1 Å². The first-order valence-electron chi connectivity index (χ1n) is 6.60. The van der Waals surface area contributed by atoms with Crippen molar-refractivity contribution in [3.05, 3.63) is 29.6 Å². The molecule has 1 atom stereocenters. The van der Waals surface area contributed by atoms with Crippen molar-refractivity contribution in [2.75, 3.05) is 20.1 Å². The first-order valence-corrected chi connectivity index (χ1v) is 8.49. The van der Waals surface area contributed by atoms with Crippen LogP contribution in [0.2, 0.25) is 0 Å². The third kappa shape index (κ3) is 3.76. The number of hydrogen-bond acceptors (Lipinski definition) is 4. The Morgan fingerprint density at radius 1 is 1.57 bits per heavy atom. The molecule has 8 heteroatoms. The van der Waals surface area contributed by atoms with Crippen LogP contribution in [-0.2, 0) is 10.0 Å². The fourth-order valence-electron chi connectivity index (χ4n) is 2.39. The number of thiocarbonyl (C=S) groups is 1. The third-order valence-electron chi connectivity index (χ3n) is 3.69. The number of rotatable bonds is 5. The summed E-state index contributed by atoms with van der Waals surface area (Å²) in [6.07, 6.45) is 2.02. The molecule has 0 amide bonds. The monoisotopic (exact) mass is 331 g/mol. The number of benzene rings is 1. The van der Waals surface area contributed by atoms with Crippen LogP contribution in [0.3, 0.4) is 0 Å². The number of halogens is 1. The minimum absolute atomic E-state index is 0.0349. The second-order valence-corrected chi connectivity index (χ2v) is 7.34. The molecule has 0 radical (unpaired) electrons. The van der Waals surface area contributed by atoms with E-state index in [1.807, 2.05) is 7.05 Å². The minimum atomic E-state index is -3.70. The summed E-state index contributed by atoms with van der Waals surface area (Å²) in [5.74, 6) is -0.628. The number of hydrogen-bond donors (Lipinski definition) is 2. The van der Waals surface area contributed by atoms with Gasteiger partial charge in [0.2, 0.25) is 10.0 Å². The van der Waals surface area contributed by atoms with Crippen molar-refractivity contribution >= 4 is 27.2 Å². The van der Waals surface area contributed by atoms with Crippen LogP contribution in [0.5, 0.6) is 0 Å². The SMILES string of the molecule is CN1CCCC1CNS(=O)(=O)c1ccc(F)c(C(N)=S)c1. The van der Waals surface area contributed by atoms with Crippen LogP contribution >= 0.6 is 12.2 Å². The van der Waals surface area contributed by atoms with E-state index in [4.69, 9.17) is 18.0 Å². The summed E-state index contributed by atoms with van der Waals surface area (Å²) in [5, 5.41) is 0. The van der Waals surface area contributed by atoms with Crippen molar-refractivity contribution in [3.8, 4) is 0 Å². The normalized spacial score (nSPS) is 19.8. The quantitative estimate of drug-likeness (QED) is 0.782. The summed E-state index contributed by atoms with van der Waals surface area (Å²) in [4.78, 5) is 1.92. The van der Waals surface area contributed by atoms with Crippen LogP contribution in [0, 0.1) is 5.82 Å². The molecule has 0 aromatic heterocycles. The average Bonchev–Trinajstić information content (AvgIpc) is 2.82. The summed E-state index contributed by atoms with van der Waals surface area (Å²) in [6, 6.07) is 3.62. The fourth-order valence-corrected chi connectivity index (χ4v) is 3.64. The van der Waals surface area contributed by atoms with Gasteiger partial charge < -0.3 is 10.6 Å². The van der Waals surface area contributed by atoms with Gasteiger partial charge in [-0.3, -0.25) is 0 Å². The Morgan fingerprint density at radius 2 is 2.29 bits per heavy atom. The maximum atomic E-state index is 13.5. The van der Waals surface area contributed by atoms with Crippen molar-refractivity contribution in [3.63, 3.8) is 0 Å². The number of nitrogens with two attached hydrogens (primary N) is 1. The molecule has 1 heterocycles. The molecule has 1 saturated heterocycles. The van der Waals surface area contributed by atoms with E-state index in [-0.39, 0.29) is 21.5 Å². The summed E-state index contributed by atoms with van der Waals surface area (Å²) in [5.41, 5.74) is 5.32. The van der Waals surface area contributed by atoms with Gasteiger partial charge in [-0.25, -0.2) is 17.5 Å². The molecule has 1 unspecified atom stereocenters. The zero-order valence-corrected chi connectivity index (χ0v) is 13.3. The lowest BCUT2D eigenvalue weighted by Gasteiger charge is -2.19. The minimum Gasteiger partial charge on any atom is -0.389 e. The lowest BCUT2D eigenvalue weighted by atomic mass is 10.2. The molecule has 0 aliphatic carbocycles. The van der Waals surface area contributed by atoms with Crippen LogP contribution in [0.25, 0.3) is 0 Å². The number of likely N-dealkylation sites (N-methyl/N-ethyl adjacent to an activating group) is 1. The summed E-state index contributed by atoms with van der Waals surface area (Å²) in [7, 11) is -1.74. The van der Waals surface area contributed by atoms with Crippen molar-refractivity contribution in [2.24, 2.45) is 5.73 Å². The van der Waals surface area contributed by atoms with Crippen molar-refractivity contribution in [1.29, 1.82) is 0 Å². The van der Waals surface area contributed by atoms with Crippen LogP contribution in [0.1, 0.15) is 18.4 Å². The molecular formula is C13H18FN3O2S2. The highest BCUT2D eigenvalue weighted by Crippen LogP contribution is 2.17. The van der Waals surface area contributed by atoms with Gasteiger partial charge >= 0.3 is 0 Å². The Hall–Kier alpha value is -1.09. The van der Waals surface area contributed by atoms with Gasteiger partial charge in [0.25, 0.3) is 0 Å². The number of likely N-dealkylation sites (tertiary alicyclic amines) is 1. The van der Waals surface area contributed by atoms with Gasteiger partial charge in [-0.15, -0.1) is 0 Å². The predicted octanol–water partition coefficient (Wildman–Crippen LogP) is 0.832. The topological polar surface area (TPSA) is 75.4 Å². The van der Waals surface area contributed by atoms with E-state index in [0.29, 0.717) is 6.54 Å². The average molecular weight is 331 g/mol. The standard InChI is InChI=1S/C13H18FN3O2S2/c1-17-6-2-3-9(17)8-16-21(18,19)10-4-5-12(14)11(7-10)13(15)20/h4-5,7,9,16H,2-3,6,8H2,1H3,(H2,15,20). The van der Waals surface area contributed by atoms with E-state index < -0.39 is 15.8 Å². The zero-order chi connectivity index (χ0) is 15.6. The molecule has 1 aromatic rings. The first-order chi connectivity index (χ1) is 9.81. The molecule has 3 N–H and O–H groups in total. The number of nitrogens with zero attached hydrogens (tertiary/aromatic N) is 1. The van der Waals surface area contributed by atoms with E-state index in [0.717, 1.165) is 25.5 Å². The van der Waals surface area contributed by atoms with Gasteiger partial charge in [-0.1, -0.05) is 12.2 Å². The summed E-state index contributed by atoms with van der Waals surface area (Å²) < 4.78 is 40.6. The molecule has 1 aliphatic rings. The smallest absolute Gasteiger partial charge is 0.240 e. The first kappa shape index (κ1) is 16.3. The maximum absolute atomic E-state index is 13.5. The van der Waals surface area contributed by atoms with Crippen LogP contribution in [0.4, 0.5) is 4.39 Å². The van der Waals surface area contributed by atoms with Crippen molar-refractivity contribution in [2.45, 2.75) is 23.8 Å². The van der Waals surface area contributed by atoms with E-state index in [9.17, 15) is 12.8 Å². The molecule has 21 heavy (non-hydrogen) atoms. The van der Waals surface area contributed by atoms with Gasteiger partial charge in [0.1, 0.15) is 10.8 Å². The predicted molar refractivity (Wildman–Crippen MR) is 83.1 cm³/mol. The largest absolute Gasteiger partial charge is 0.389 e. The number of nitrogens with one attached hydrogen (secondary N) is 1. The molecule has 1 aromatic carbocycles. The van der Waals surface area contributed by atoms with E-state index >= 15 is 0 Å². The van der Waals surface area contributed by atoms with Gasteiger partial charge in [-0.2, -0.15) is 0 Å². The van der Waals surface area contributed by atoms with Gasteiger partial charge in [-0.05, 0) is 44.6 Å². The van der Waals surface area contributed by atoms with Gasteiger partial charge in [0, 0.05) is 18.2 Å². The van der Waals surface area contributed by atoms with Crippen molar-refractivity contribution < 1.29 is 12.8 Å². The Kier molecular flexibility index (Phi) is 4.92. The highest BCUT2D eigenvalue weighted by Gasteiger charge is 2.24. The zero-order valence-electron chi connectivity index (χ0n) is 11.7. The lowest BCUT2D eigenvalue weighted by Crippen LogP contribution is -2.38. The molecule has 1 aliphatic heterocycles. The lowest BCUT2D eigenvalue weighted by molar-refractivity contribution is 0.311. The van der Waals surface area contributed by atoms with E-state index in [1.165, 1.54) is 12.1 Å². The van der Waals surface area contributed by atoms with Crippen LogP contribution < -0.4 is 10.5 Å². The highest BCUT2D eigenvalue weighted by atomic mass is 32.2. The van der Waals surface area contributed by atoms with Crippen molar-refractivity contribution in [1.82, 2.24) is 9.62 Å². The summed E-state index contributed by atoms with van der Waals surface area (Å²) >= 11 is 4.72. The molecule has 116 valence electrons. The third-order valence-corrected chi connectivity index (χ3v) is 5.34. The molecule has 5 nitrogen and oxygen atoms in total. The Morgan fingerprint density at radius 3 is 2.86 bits per heavy atom. The Balaban J connectivity index is 2.15. The molecule has 0 bridgehead atoms. The Labute approximate surface area is 129 Å². The van der Waals surface area contributed by atoms with E-state index in [2.05, 4.69) is 9.62 Å². The molecule has 0 spiro atoms. The van der Waals surface area contributed by atoms with Gasteiger partial charge in [0.05, 0.1) is 4.90 Å². The molecule has 0 saturated carbocycles. The maximum Gasteiger partial charge on any atom is 0.240 e. The molecule has 1 fully saturated rings. The highest BCUT2D eigenvalue weighted by molar-refractivity contribution is 7.89. The van der Waals surface area contributed by atoms with Crippen LogP contribution in [-0.4, -0.2) is 44.5 Å². The fraction of sp³-hybridized carbons (Fsp3) is 0.462.